The van der Waals surface area contributed by atoms with Crippen molar-refractivity contribution < 1.29 is 4.39 Å². The van der Waals surface area contributed by atoms with Crippen molar-refractivity contribution in [3.8, 4) is 11.1 Å². The van der Waals surface area contributed by atoms with Crippen LogP contribution in [-0.2, 0) is 6.54 Å². The van der Waals surface area contributed by atoms with Gasteiger partial charge in [-0.25, -0.2) is 9.82 Å². The second kappa shape index (κ2) is 6.87. The average Bonchev–Trinajstić information content (AvgIpc) is 2.56. The van der Waals surface area contributed by atoms with E-state index in [0.717, 1.165) is 22.4 Å². The highest BCUT2D eigenvalue weighted by Crippen LogP contribution is 2.21. The third kappa shape index (κ3) is 3.71. The molecule has 0 aliphatic rings. The zero-order valence-electron chi connectivity index (χ0n) is 12.1. The molecule has 2 N–H and O–H groups in total. The number of para-hydroxylation sites is 1. The second-order valence-electron chi connectivity index (χ2n) is 5.06. The highest BCUT2D eigenvalue weighted by molar-refractivity contribution is 5.64. The zero-order valence-corrected chi connectivity index (χ0v) is 12.1. The molecule has 3 rings (SSSR count). The lowest BCUT2D eigenvalue weighted by atomic mass is 10.0. The summed E-state index contributed by atoms with van der Waals surface area (Å²) >= 11 is 0. The molecule has 3 heteroatoms. The Morgan fingerprint density at radius 2 is 1.45 bits per heavy atom. The minimum Gasteiger partial charge on any atom is -0.321 e. The van der Waals surface area contributed by atoms with Crippen LogP contribution in [0.5, 0.6) is 0 Å². The lowest BCUT2D eigenvalue weighted by Crippen LogP contribution is -2.20. The molecule has 0 radical (unpaired) electrons. The van der Waals surface area contributed by atoms with Gasteiger partial charge in [-0.2, -0.15) is 0 Å². The van der Waals surface area contributed by atoms with E-state index in [1.54, 1.807) is 12.1 Å². The molecule has 0 saturated carbocycles. The Balaban J connectivity index is 1.66. The number of nitrogens with one attached hydrogen (secondary N) is 2. The summed E-state index contributed by atoms with van der Waals surface area (Å²) in [5.41, 5.74) is 10.4. The van der Waals surface area contributed by atoms with Gasteiger partial charge in [0.15, 0.2) is 0 Å². The number of benzene rings is 3. The van der Waals surface area contributed by atoms with Crippen LogP contribution < -0.4 is 10.9 Å². The minimum absolute atomic E-state index is 0.216. The lowest BCUT2D eigenvalue weighted by Gasteiger charge is -2.09. The number of rotatable bonds is 5. The maximum Gasteiger partial charge on any atom is 0.123 e. The first kappa shape index (κ1) is 14.3. The summed E-state index contributed by atoms with van der Waals surface area (Å²) in [5.74, 6) is -0.216. The van der Waals surface area contributed by atoms with E-state index in [4.69, 9.17) is 0 Å². The minimum atomic E-state index is -0.216. The molecule has 0 spiro atoms. The normalized spacial score (nSPS) is 10.4. The zero-order chi connectivity index (χ0) is 15.2. The number of halogens is 1. The third-order valence-electron chi connectivity index (χ3n) is 3.38. The second-order valence-corrected chi connectivity index (χ2v) is 5.06. The van der Waals surface area contributed by atoms with Crippen molar-refractivity contribution in [2.24, 2.45) is 0 Å². The van der Waals surface area contributed by atoms with Gasteiger partial charge in [0, 0.05) is 12.2 Å². The fraction of sp³-hybridized carbons (Fsp3) is 0.0526. The Kier molecular flexibility index (Phi) is 4.47. The number of hydrogen-bond donors (Lipinski definition) is 2. The summed E-state index contributed by atoms with van der Waals surface area (Å²) in [6, 6.07) is 24.7. The molecule has 3 aromatic carbocycles. The third-order valence-corrected chi connectivity index (χ3v) is 3.38. The van der Waals surface area contributed by atoms with Crippen LogP contribution in [0.1, 0.15) is 5.56 Å². The Morgan fingerprint density at radius 1 is 0.727 bits per heavy atom. The summed E-state index contributed by atoms with van der Waals surface area (Å²) in [5, 5.41) is 0. The predicted molar refractivity (Wildman–Crippen MR) is 88.7 cm³/mol. The molecule has 3 aromatic rings. The smallest absolute Gasteiger partial charge is 0.123 e. The van der Waals surface area contributed by atoms with E-state index < -0.39 is 0 Å². The predicted octanol–water partition coefficient (Wildman–Crippen LogP) is 4.61. The maximum absolute atomic E-state index is 13.3. The van der Waals surface area contributed by atoms with Gasteiger partial charge in [-0.05, 0) is 47.0 Å². The molecule has 22 heavy (non-hydrogen) atoms. The fourth-order valence-electron chi connectivity index (χ4n) is 2.30. The van der Waals surface area contributed by atoms with E-state index in [0.29, 0.717) is 6.54 Å². The number of anilines is 1. The molecule has 0 aromatic heterocycles. The molecule has 0 amide bonds. The summed E-state index contributed by atoms with van der Waals surface area (Å²) in [6.07, 6.45) is 0. The van der Waals surface area contributed by atoms with Crippen LogP contribution >= 0.6 is 0 Å². The molecule has 0 unspecified atom stereocenters. The van der Waals surface area contributed by atoms with Gasteiger partial charge < -0.3 is 5.43 Å². The van der Waals surface area contributed by atoms with Gasteiger partial charge in [0.1, 0.15) is 5.82 Å². The Labute approximate surface area is 129 Å². The topological polar surface area (TPSA) is 24.1 Å². The molecule has 0 bridgehead atoms. The number of hydrogen-bond acceptors (Lipinski definition) is 2. The van der Waals surface area contributed by atoms with Gasteiger partial charge in [-0.3, -0.25) is 0 Å². The molecular weight excluding hydrogens is 275 g/mol. The van der Waals surface area contributed by atoms with Crippen molar-refractivity contribution in [3.05, 3.63) is 90.2 Å². The van der Waals surface area contributed by atoms with Crippen molar-refractivity contribution in [2.75, 3.05) is 5.43 Å². The van der Waals surface area contributed by atoms with E-state index in [2.05, 4.69) is 16.9 Å². The Morgan fingerprint density at radius 3 is 2.23 bits per heavy atom. The van der Waals surface area contributed by atoms with E-state index in [1.165, 1.54) is 6.07 Å². The quantitative estimate of drug-likeness (QED) is 0.671. The highest BCUT2D eigenvalue weighted by Gasteiger charge is 2.01. The monoisotopic (exact) mass is 292 g/mol. The van der Waals surface area contributed by atoms with Gasteiger partial charge in [0.05, 0.1) is 0 Å². The summed E-state index contributed by atoms with van der Waals surface area (Å²) in [4.78, 5) is 0. The van der Waals surface area contributed by atoms with Crippen LogP contribution in [0.3, 0.4) is 0 Å². The molecule has 0 heterocycles. The van der Waals surface area contributed by atoms with Gasteiger partial charge >= 0.3 is 0 Å². The van der Waals surface area contributed by atoms with Crippen molar-refractivity contribution in [3.63, 3.8) is 0 Å². The van der Waals surface area contributed by atoms with Crippen LogP contribution in [0.15, 0.2) is 78.9 Å². The highest BCUT2D eigenvalue weighted by atomic mass is 19.1. The first-order chi connectivity index (χ1) is 10.8. The summed E-state index contributed by atoms with van der Waals surface area (Å²) in [7, 11) is 0. The van der Waals surface area contributed by atoms with Crippen molar-refractivity contribution in [1.29, 1.82) is 0 Å². The van der Waals surface area contributed by atoms with Crippen molar-refractivity contribution >= 4 is 5.69 Å². The van der Waals surface area contributed by atoms with Crippen LogP contribution in [-0.4, -0.2) is 0 Å². The molecule has 0 aliphatic heterocycles. The van der Waals surface area contributed by atoms with Crippen LogP contribution in [0, 0.1) is 5.82 Å². The molecule has 0 aliphatic carbocycles. The van der Waals surface area contributed by atoms with Crippen molar-refractivity contribution in [2.45, 2.75) is 6.54 Å². The van der Waals surface area contributed by atoms with Crippen LogP contribution in [0.25, 0.3) is 11.1 Å². The SMILES string of the molecule is Fc1cccc(-c2cccc(CNNc3ccccc3)c2)c1. The molecule has 2 nitrogen and oxygen atoms in total. The van der Waals surface area contributed by atoms with E-state index >= 15 is 0 Å². The summed E-state index contributed by atoms with van der Waals surface area (Å²) in [6.45, 7) is 0.679. The van der Waals surface area contributed by atoms with E-state index in [9.17, 15) is 4.39 Å². The largest absolute Gasteiger partial charge is 0.321 e. The summed E-state index contributed by atoms with van der Waals surface area (Å²) < 4.78 is 13.3. The number of hydrazine groups is 1. The first-order valence-electron chi connectivity index (χ1n) is 7.20. The van der Waals surface area contributed by atoms with Crippen LogP contribution in [0.2, 0.25) is 0 Å². The molecule has 0 saturated heterocycles. The average molecular weight is 292 g/mol. The molecule has 0 atom stereocenters. The van der Waals surface area contributed by atoms with E-state index in [-0.39, 0.29) is 5.82 Å². The molecule has 110 valence electrons. The molecular formula is C19H17FN2. The van der Waals surface area contributed by atoms with Gasteiger partial charge in [0.2, 0.25) is 0 Å². The van der Waals surface area contributed by atoms with Crippen molar-refractivity contribution in [1.82, 2.24) is 5.43 Å². The Bertz CT molecular complexity index is 741. The van der Waals surface area contributed by atoms with Gasteiger partial charge in [-0.15, -0.1) is 0 Å². The van der Waals surface area contributed by atoms with Gasteiger partial charge in [-0.1, -0.05) is 48.5 Å². The first-order valence-corrected chi connectivity index (χ1v) is 7.20. The standard InChI is InChI=1S/C19H17FN2/c20-18-9-5-8-17(13-18)16-7-4-6-15(12-16)14-21-22-19-10-2-1-3-11-19/h1-13,21-22H,14H2. The van der Waals surface area contributed by atoms with Gasteiger partial charge in [0.25, 0.3) is 0 Å². The maximum atomic E-state index is 13.3. The lowest BCUT2D eigenvalue weighted by molar-refractivity contribution is 0.628. The fourth-order valence-corrected chi connectivity index (χ4v) is 2.30. The molecule has 0 fully saturated rings. The Hall–Kier alpha value is -2.65. The van der Waals surface area contributed by atoms with Crippen LogP contribution in [0.4, 0.5) is 10.1 Å². The van der Waals surface area contributed by atoms with E-state index in [1.807, 2.05) is 54.6 Å².